The second kappa shape index (κ2) is 5.69. The number of nitrogens with zero attached hydrogens (tertiary/aromatic N) is 3. The van der Waals surface area contributed by atoms with Crippen molar-refractivity contribution in [2.24, 2.45) is 5.73 Å². The molecule has 7 nitrogen and oxygen atoms in total. The second-order valence-electron chi connectivity index (χ2n) is 5.69. The smallest absolute Gasteiger partial charge is 0.252 e. The Balaban J connectivity index is 1.79. The van der Waals surface area contributed by atoms with Crippen LogP contribution in [-0.4, -0.2) is 20.5 Å². The molecule has 0 aliphatic heterocycles. The quantitative estimate of drug-likeness (QED) is 0.534. The first kappa shape index (κ1) is 14.8. The fraction of sp³-hybridized carbons (Fsp3) is 0.0556. The van der Waals surface area contributed by atoms with Gasteiger partial charge in [0, 0.05) is 28.5 Å². The molecule has 0 saturated carbocycles. The van der Waals surface area contributed by atoms with E-state index in [1.165, 1.54) is 6.20 Å². The van der Waals surface area contributed by atoms with Crippen LogP contribution in [0.5, 0.6) is 0 Å². The standard InChI is InChI=1S/C18H14N6O/c19-6-5-13-9-11-8-12(3-4-15(11)22-13)23-17-14(18(20)25)10-21-24-7-1-2-16(17)24/h1-4,7-10,22-23H,5H2,(H2,20,25). The van der Waals surface area contributed by atoms with Gasteiger partial charge in [0.15, 0.2) is 0 Å². The van der Waals surface area contributed by atoms with Crippen molar-refractivity contribution in [3.63, 3.8) is 0 Å². The Morgan fingerprint density at radius 2 is 2.24 bits per heavy atom. The van der Waals surface area contributed by atoms with Crippen molar-refractivity contribution in [2.75, 3.05) is 5.32 Å². The van der Waals surface area contributed by atoms with Gasteiger partial charge in [-0.3, -0.25) is 4.79 Å². The first-order chi connectivity index (χ1) is 12.2. The highest BCUT2D eigenvalue weighted by molar-refractivity contribution is 6.03. The number of rotatable bonds is 4. The summed E-state index contributed by atoms with van der Waals surface area (Å²) < 4.78 is 1.68. The lowest BCUT2D eigenvalue weighted by atomic mass is 10.2. The van der Waals surface area contributed by atoms with Crippen LogP contribution >= 0.6 is 0 Å². The van der Waals surface area contributed by atoms with Crippen molar-refractivity contribution in [2.45, 2.75) is 6.42 Å². The van der Waals surface area contributed by atoms with Crippen LogP contribution in [0.15, 0.2) is 48.8 Å². The molecule has 0 bridgehead atoms. The van der Waals surface area contributed by atoms with Gasteiger partial charge >= 0.3 is 0 Å². The third-order valence-corrected chi connectivity index (χ3v) is 4.05. The van der Waals surface area contributed by atoms with Gasteiger partial charge in [0.05, 0.1) is 35.5 Å². The van der Waals surface area contributed by atoms with E-state index in [4.69, 9.17) is 11.0 Å². The fourth-order valence-electron chi connectivity index (χ4n) is 2.91. The summed E-state index contributed by atoms with van der Waals surface area (Å²) in [6.45, 7) is 0. The molecule has 0 aliphatic carbocycles. The number of aromatic nitrogens is 3. The molecular formula is C18H14N6O. The van der Waals surface area contributed by atoms with Gasteiger partial charge in [-0.1, -0.05) is 0 Å². The first-order valence-electron chi connectivity index (χ1n) is 7.67. The number of primary amides is 1. The van der Waals surface area contributed by atoms with Crippen LogP contribution in [0.1, 0.15) is 16.1 Å². The molecule has 0 aliphatic rings. The number of benzene rings is 1. The minimum absolute atomic E-state index is 0.325. The van der Waals surface area contributed by atoms with Crippen LogP contribution in [0, 0.1) is 11.3 Å². The number of anilines is 2. The van der Waals surface area contributed by atoms with Crippen molar-refractivity contribution in [3.05, 3.63) is 60.0 Å². The predicted octanol–water partition coefficient (Wildman–Crippen LogP) is 2.72. The third kappa shape index (κ3) is 2.56. The van der Waals surface area contributed by atoms with Gasteiger partial charge in [-0.25, -0.2) is 4.52 Å². The number of carbonyl (C=O) groups is 1. The zero-order valence-corrected chi connectivity index (χ0v) is 13.2. The summed E-state index contributed by atoms with van der Waals surface area (Å²) in [5, 5.41) is 17.3. The zero-order chi connectivity index (χ0) is 17.4. The molecule has 4 rings (SSSR count). The van der Waals surface area contributed by atoms with Crippen molar-refractivity contribution in [1.82, 2.24) is 14.6 Å². The number of hydrogen-bond acceptors (Lipinski definition) is 4. The molecule has 1 aromatic carbocycles. The minimum atomic E-state index is -0.544. The van der Waals surface area contributed by atoms with Crippen LogP contribution in [0.2, 0.25) is 0 Å². The Bertz CT molecular complexity index is 1150. The molecule has 1 amide bonds. The van der Waals surface area contributed by atoms with Gasteiger partial charge in [0.1, 0.15) is 0 Å². The van der Waals surface area contributed by atoms with E-state index >= 15 is 0 Å². The predicted molar refractivity (Wildman–Crippen MR) is 94.6 cm³/mol. The van der Waals surface area contributed by atoms with Crippen LogP contribution in [-0.2, 0) is 6.42 Å². The van der Waals surface area contributed by atoms with Crippen LogP contribution in [0.3, 0.4) is 0 Å². The van der Waals surface area contributed by atoms with Gasteiger partial charge in [0.25, 0.3) is 5.91 Å². The second-order valence-corrected chi connectivity index (χ2v) is 5.69. The maximum atomic E-state index is 11.8. The largest absolute Gasteiger partial charge is 0.365 e. The molecule has 0 spiro atoms. The normalized spacial score (nSPS) is 10.8. The summed E-state index contributed by atoms with van der Waals surface area (Å²) in [4.78, 5) is 15.0. The summed E-state index contributed by atoms with van der Waals surface area (Å²) >= 11 is 0. The number of fused-ring (bicyclic) bond motifs is 2. The number of nitrogens with one attached hydrogen (secondary N) is 2. The molecule has 4 N–H and O–H groups in total. The number of amides is 1. The average molecular weight is 330 g/mol. The number of nitrogens with two attached hydrogens (primary N) is 1. The fourth-order valence-corrected chi connectivity index (χ4v) is 2.91. The van der Waals surface area contributed by atoms with E-state index in [1.54, 1.807) is 10.7 Å². The Labute approximate surface area is 142 Å². The Kier molecular flexibility index (Phi) is 3.36. The third-order valence-electron chi connectivity index (χ3n) is 4.05. The highest BCUT2D eigenvalue weighted by Crippen LogP contribution is 2.28. The highest BCUT2D eigenvalue weighted by Gasteiger charge is 2.14. The average Bonchev–Trinajstić information content (AvgIpc) is 3.20. The van der Waals surface area contributed by atoms with E-state index in [0.29, 0.717) is 17.7 Å². The molecule has 25 heavy (non-hydrogen) atoms. The minimum Gasteiger partial charge on any atom is -0.365 e. The van der Waals surface area contributed by atoms with E-state index in [0.717, 1.165) is 27.8 Å². The molecule has 0 radical (unpaired) electrons. The number of hydrogen-bond donors (Lipinski definition) is 3. The zero-order valence-electron chi connectivity index (χ0n) is 13.2. The van der Waals surface area contributed by atoms with E-state index in [-0.39, 0.29) is 0 Å². The number of aromatic amines is 1. The lowest BCUT2D eigenvalue weighted by Gasteiger charge is -2.12. The van der Waals surface area contributed by atoms with E-state index in [9.17, 15) is 4.79 Å². The van der Waals surface area contributed by atoms with Gasteiger partial charge in [-0.2, -0.15) is 10.4 Å². The van der Waals surface area contributed by atoms with Crippen molar-refractivity contribution in [3.8, 4) is 6.07 Å². The lowest BCUT2D eigenvalue weighted by molar-refractivity contribution is 0.100. The molecule has 4 aromatic rings. The van der Waals surface area contributed by atoms with Crippen molar-refractivity contribution >= 4 is 33.7 Å². The Hall–Kier alpha value is -3.79. The molecule has 0 unspecified atom stereocenters. The molecule has 3 aromatic heterocycles. The van der Waals surface area contributed by atoms with Gasteiger partial charge in [0.2, 0.25) is 0 Å². The van der Waals surface area contributed by atoms with Gasteiger partial charge in [-0.15, -0.1) is 0 Å². The van der Waals surface area contributed by atoms with Gasteiger partial charge in [-0.05, 0) is 36.4 Å². The summed E-state index contributed by atoms with van der Waals surface area (Å²) in [5.74, 6) is -0.544. The molecule has 122 valence electrons. The summed E-state index contributed by atoms with van der Waals surface area (Å²) in [7, 11) is 0. The van der Waals surface area contributed by atoms with Gasteiger partial charge < -0.3 is 16.0 Å². The van der Waals surface area contributed by atoms with Crippen LogP contribution in [0.4, 0.5) is 11.4 Å². The summed E-state index contributed by atoms with van der Waals surface area (Å²) in [5.41, 5.74) is 9.82. The Morgan fingerprint density at radius 1 is 1.36 bits per heavy atom. The molecule has 3 heterocycles. The Morgan fingerprint density at radius 3 is 3.04 bits per heavy atom. The maximum Gasteiger partial charge on any atom is 0.252 e. The monoisotopic (exact) mass is 330 g/mol. The van der Waals surface area contributed by atoms with Crippen LogP contribution < -0.4 is 11.1 Å². The van der Waals surface area contributed by atoms with Crippen molar-refractivity contribution in [1.29, 1.82) is 5.26 Å². The highest BCUT2D eigenvalue weighted by atomic mass is 16.1. The van der Waals surface area contributed by atoms with E-state index < -0.39 is 5.91 Å². The molecule has 0 saturated heterocycles. The lowest BCUT2D eigenvalue weighted by Crippen LogP contribution is -2.15. The number of carbonyl (C=O) groups excluding carboxylic acids is 1. The number of H-pyrrole nitrogens is 1. The number of nitriles is 1. The molecule has 7 heteroatoms. The summed E-state index contributed by atoms with van der Waals surface area (Å²) in [6.07, 6.45) is 3.59. The molecule has 0 atom stereocenters. The maximum absolute atomic E-state index is 11.8. The SMILES string of the molecule is N#CCc1cc2cc(Nc3c(C(N)=O)cnn4cccc34)ccc2[nH]1. The molecular weight excluding hydrogens is 316 g/mol. The van der Waals surface area contributed by atoms with Crippen molar-refractivity contribution < 1.29 is 4.79 Å². The summed E-state index contributed by atoms with van der Waals surface area (Å²) in [6, 6.07) is 13.6. The topological polar surface area (TPSA) is 112 Å². The van der Waals surface area contributed by atoms with E-state index in [1.807, 2.05) is 36.4 Å². The van der Waals surface area contributed by atoms with Crippen LogP contribution in [0.25, 0.3) is 16.4 Å². The van der Waals surface area contributed by atoms with E-state index in [2.05, 4.69) is 21.5 Å². The first-order valence-corrected chi connectivity index (χ1v) is 7.67. The molecule has 0 fully saturated rings.